The lowest BCUT2D eigenvalue weighted by Crippen LogP contribution is -2.17. The molecule has 1 N–H and O–H groups in total. The van der Waals surface area contributed by atoms with Gasteiger partial charge in [-0.25, -0.2) is 13.8 Å². The van der Waals surface area contributed by atoms with Gasteiger partial charge in [-0.2, -0.15) is 9.59 Å². The van der Waals surface area contributed by atoms with Crippen LogP contribution in [0.25, 0.3) is 11.3 Å². The van der Waals surface area contributed by atoms with Crippen molar-refractivity contribution in [3.8, 4) is 11.3 Å². The van der Waals surface area contributed by atoms with Gasteiger partial charge in [0.2, 0.25) is 0 Å². The molecule has 7 nitrogen and oxygen atoms in total. The van der Waals surface area contributed by atoms with Gasteiger partial charge in [-0.3, -0.25) is 14.8 Å². The lowest BCUT2D eigenvalue weighted by molar-refractivity contribution is -0.191. The topological polar surface area (TPSA) is 102 Å². The number of benzene rings is 1. The first-order valence-electron chi connectivity index (χ1n) is 8.11. The molecule has 3 rings (SSSR count). The average molecular weight is 419 g/mol. The molecule has 10 heteroatoms. The maximum Gasteiger partial charge on any atom is 0.373 e. The van der Waals surface area contributed by atoms with Crippen LogP contribution in [-0.2, 0) is 16.0 Å². The molecule has 2 heterocycles. The van der Waals surface area contributed by atoms with Crippen LogP contribution in [0.4, 0.5) is 14.6 Å². The second-order valence-corrected chi connectivity index (χ2v) is 5.88. The van der Waals surface area contributed by atoms with Gasteiger partial charge >= 0.3 is 6.15 Å². The Morgan fingerprint density at radius 1 is 1.10 bits per heavy atom. The SMILES string of the molecule is CCc1ccc(Cl)c(-c2cnc(NC(=O)c3c(F)cncc3F)cn2)c1.O=C=O. The van der Waals surface area contributed by atoms with E-state index in [4.69, 9.17) is 21.2 Å². The van der Waals surface area contributed by atoms with Gasteiger partial charge in [0.15, 0.2) is 17.5 Å². The highest BCUT2D eigenvalue weighted by atomic mass is 35.5. The summed E-state index contributed by atoms with van der Waals surface area (Å²) in [6.45, 7) is 2.02. The molecule has 0 aliphatic rings. The van der Waals surface area contributed by atoms with Crippen LogP contribution >= 0.6 is 11.6 Å². The lowest BCUT2D eigenvalue weighted by Gasteiger charge is -2.08. The Balaban J connectivity index is 0.000000941. The summed E-state index contributed by atoms with van der Waals surface area (Å²) in [4.78, 5) is 39.9. The van der Waals surface area contributed by atoms with E-state index >= 15 is 0 Å². The molecule has 1 amide bonds. The summed E-state index contributed by atoms with van der Waals surface area (Å²) < 4.78 is 27.2. The van der Waals surface area contributed by atoms with Gasteiger partial charge in [-0.15, -0.1) is 0 Å². The number of hydrogen-bond donors (Lipinski definition) is 1. The molecule has 0 spiro atoms. The van der Waals surface area contributed by atoms with Gasteiger partial charge in [-0.05, 0) is 24.1 Å². The third-order valence-corrected chi connectivity index (χ3v) is 4.02. The van der Waals surface area contributed by atoms with Crippen LogP contribution in [0.5, 0.6) is 0 Å². The second kappa shape index (κ2) is 10.1. The van der Waals surface area contributed by atoms with Crippen LogP contribution in [-0.4, -0.2) is 27.0 Å². The van der Waals surface area contributed by atoms with E-state index in [1.165, 1.54) is 12.4 Å². The molecule has 3 aromatic rings. The Bertz CT molecular complexity index is 1040. The van der Waals surface area contributed by atoms with E-state index in [9.17, 15) is 13.6 Å². The minimum atomic E-state index is -1.06. The minimum absolute atomic E-state index is 0.0529. The molecular formula is C19H13ClF2N4O3. The minimum Gasteiger partial charge on any atom is -0.305 e. The van der Waals surface area contributed by atoms with E-state index in [2.05, 4.69) is 20.3 Å². The normalized spacial score (nSPS) is 9.79. The zero-order valence-corrected chi connectivity index (χ0v) is 15.7. The van der Waals surface area contributed by atoms with Gasteiger partial charge in [0.1, 0.15) is 5.56 Å². The van der Waals surface area contributed by atoms with Crippen molar-refractivity contribution in [2.24, 2.45) is 0 Å². The fraction of sp³-hybridized carbons (Fsp3) is 0.105. The Morgan fingerprint density at radius 2 is 1.76 bits per heavy atom. The van der Waals surface area contributed by atoms with Gasteiger partial charge in [0, 0.05) is 5.56 Å². The first kappa shape index (κ1) is 21.7. The van der Waals surface area contributed by atoms with Gasteiger partial charge in [-0.1, -0.05) is 24.6 Å². The summed E-state index contributed by atoms with van der Waals surface area (Å²) in [5.41, 5.74) is 1.59. The molecule has 2 aromatic heterocycles. The fourth-order valence-electron chi connectivity index (χ4n) is 2.33. The Hall–Kier alpha value is -3.55. The predicted molar refractivity (Wildman–Crippen MR) is 99.0 cm³/mol. The van der Waals surface area contributed by atoms with Crippen molar-refractivity contribution in [2.45, 2.75) is 13.3 Å². The highest BCUT2D eigenvalue weighted by Gasteiger charge is 2.18. The number of nitrogens with zero attached hydrogens (tertiary/aromatic N) is 3. The van der Waals surface area contributed by atoms with Gasteiger partial charge < -0.3 is 5.32 Å². The van der Waals surface area contributed by atoms with E-state index < -0.39 is 23.1 Å². The smallest absolute Gasteiger partial charge is 0.305 e. The second-order valence-electron chi connectivity index (χ2n) is 5.47. The number of hydrogen-bond acceptors (Lipinski definition) is 6. The first-order chi connectivity index (χ1) is 13.9. The number of carbonyl (C=O) groups is 1. The average Bonchev–Trinajstić information content (AvgIpc) is 2.69. The molecule has 0 saturated heterocycles. The number of amides is 1. The molecule has 0 radical (unpaired) electrons. The zero-order chi connectivity index (χ0) is 21.4. The molecule has 0 unspecified atom stereocenters. The summed E-state index contributed by atoms with van der Waals surface area (Å²) in [6.07, 6.45) is 5.33. The van der Waals surface area contributed by atoms with Crippen LogP contribution in [0.3, 0.4) is 0 Å². The van der Waals surface area contributed by atoms with Crippen LogP contribution in [0.15, 0.2) is 43.0 Å². The Morgan fingerprint density at radius 3 is 2.31 bits per heavy atom. The first-order valence-corrected chi connectivity index (χ1v) is 8.49. The number of nitrogens with one attached hydrogen (secondary N) is 1. The van der Waals surface area contributed by atoms with Gasteiger partial charge in [0.25, 0.3) is 5.91 Å². The molecule has 29 heavy (non-hydrogen) atoms. The fourth-order valence-corrected chi connectivity index (χ4v) is 2.54. The molecule has 0 fully saturated rings. The van der Waals surface area contributed by atoms with E-state index in [-0.39, 0.29) is 12.0 Å². The molecule has 148 valence electrons. The third-order valence-electron chi connectivity index (χ3n) is 3.69. The van der Waals surface area contributed by atoms with E-state index in [0.717, 1.165) is 24.4 Å². The largest absolute Gasteiger partial charge is 0.373 e. The van der Waals surface area contributed by atoms with Crippen LogP contribution < -0.4 is 5.32 Å². The van der Waals surface area contributed by atoms with E-state index in [1.807, 2.05) is 19.1 Å². The molecule has 1 aromatic carbocycles. The maximum atomic E-state index is 13.6. The number of anilines is 1. The van der Waals surface area contributed by atoms with Crippen molar-refractivity contribution in [1.29, 1.82) is 0 Å². The standard InChI is InChI=1S/C18H13ClF2N4O.CO2/c1-2-10-3-4-12(19)11(5-10)15-8-24-16(9-23-15)25-18(26)17-13(20)6-22-7-14(17)21;2-1-3/h3-9H,2H2,1H3,(H,24,25,26);. The van der Waals surface area contributed by atoms with Crippen LogP contribution in [0.1, 0.15) is 22.8 Å². The third kappa shape index (κ3) is 5.47. The predicted octanol–water partition coefficient (Wildman–Crippen LogP) is 3.70. The lowest BCUT2D eigenvalue weighted by atomic mass is 10.1. The van der Waals surface area contributed by atoms with Crippen molar-refractivity contribution in [3.63, 3.8) is 0 Å². The summed E-state index contributed by atoms with van der Waals surface area (Å²) in [7, 11) is 0. The summed E-state index contributed by atoms with van der Waals surface area (Å²) >= 11 is 6.20. The van der Waals surface area contributed by atoms with Crippen molar-refractivity contribution < 1.29 is 23.2 Å². The number of aromatic nitrogens is 3. The summed E-state index contributed by atoms with van der Waals surface area (Å²) in [5.74, 6) is -3.04. The van der Waals surface area contributed by atoms with Crippen LogP contribution in [0.2, 0.25) is 5.02 Å². The van der Waals surface area contributed by atoms with Crippen molar-refractivity contribution in [2.75, 3.05) is 5.32 Å². The van der Waals surface area contributed by atoms with Crippen molar-refractivity contribution in [1.82, 2.24) is 15.0 Å². The quantitative estimate of drug-likeness (QED) is 0.693. The maximum absolute atomic E-state index is 13.6. The van der Waals surface area contributed by atoms with E-state index in [0.29, 0.717) is 16.3 Å². The molecule has 0 atom stereocenters. The van der Waals surface area contributed by atoms with Gasteiger partial charge in [0.05, 0.1) is 35.5 Å². The van der Waals surface area contributed by atoms with Crippen molar-refractivity contribution >= 4 is 29.5 Å². The van der Waals surface area contributed by atoms with Crippen molar-refractivity contribution in [3.05, 3.63) is 70.8 Å². The van der Waals surface area contributed by atoms with Crippen LogP contribution in [0, 0.1) is 11.6 Å². The Labute approximate surface area is 168 Å². The molecule has 0 bridgehead atoms. The Kier molecular flexibility index (Phi) is 7.59. The number of rotatable bonds is 4. The highest BCUT2D eigenvalue weighted by molar-refractivity contribution is 6.33. The number of pyridine rings is 1. The zero-order valence-electron chi connectivity index (χ0n) is 14.9. The molecule has 0 aliphatic heterocycles. The monoisotopic (exact) mass is 418 g/mol. The van der Waals surface area contributed by atoms with E-state index in [1.54, 1.807) is 6.07 Å². The summed E-state index contributed by atoms with van der Waals surface area (Å²) in [6, 6.07) is 5.61. The molecule has 0 aliphatic carbocycles. The highest BCUT2D eigenvalue weighted by Crippen LogP contribution is 2.27. The number of aryl methyl sites for hydroxylation is 1. The molecule has 0 saturated carbocycles. The number of halogens is 3. The number of carbonyl (C=O) groups excluding carboxylic acids is 3. The molecular weight excluding hydrogens is 406 g/mol. The summed E-state index contributed by atoms with van der Waals surface area (Å²) in [5, 5.41) is 2.82.